The molecule has 0 bridgehead atoms. The van der Waals surface area contributed by atoms with Gasteiger partial charge in [0.05, 0.1) is 24.7 Å². The van der Waals surface area contributed by atoms with E-state index in [1.54, 1.807) is 19.5 Å². The highest BCUT2D eigenvalue weighted by atomic mass is 16.5. The minimum absolute atomic E-state index is 0.165. The summed E-state index contributed by atoms with van der Waals surface area (Å²) in [6.45, 7) is 4.92. The van der Waals surface area contributed by atoms with Gasteiger partial charge in [-0.2, -0.15) is 4.98 Å². The maximum atomic E-state index is 12.8. The number of pyridine rings is 1. The van der Waals surface area contributed by atoms with Crippen LogP contribution in [0, 0.1) is 0 Å². The number of piperazine rings is 1. The number of fused-ring (bicyclic) bond motifs is 1. The Morgan fingerprint density at radius 3 is 2.81 bits per heavy atom. The molecule has 1 aromatic carbocycles. The number of rotatable bonds is 5. The lowest BCUT2D eigenvalue weighted by Gasteiger charge is -2.30. The van der Waals surface area contributed by atoms with Crippen LogP contribution in [0.25, 0.3) is 0 Å². The molecular weight excluding hydrogens is 396 g/mol. The number of nitrogens with one attached hydrogen (secondary N) is 3. The van der Waals surface area contributed by atoms with E-state index in [1.165, 1.54) is 11.1 Å². The Kier molecular flexibility index (Phi) is 5.13. The smallest absolute Gasteiger partial charge is 0.293 e. The number of carbonyl (C=O) groups is 1. The first kappa shape index (κ1) is 19.3. The van der Waals surface area contributed by atoms with Crippen LogP contribution in [-0.2, 0) is 13.1 Å². The maximum Gasteiger partial charge on any atom is 0.293 e. The third-order valence-electron chi connectivity index (χ3n) is 5.61. The van der Waals surface area contributed by atoms with Crippen molar-refractivity contribution in [2.24, 2.45) is 0 Å². The number of amides is 1. The van der Waals surface area contributed by atoms with Crippen molar-refractivity contribution in [2.45, 2.75) is 13.1 Å². The number of ether oxygens (including phenoxy) is 1. The molecule has 0 spiro atoms. The van der Waals surface area contributed by atoms with Crippen molar-refractivity contribution in [1.82, 2.24) is 25.5 Å². The van der Waals surface area contributed by atoms with E-state index in [4.69, 9.17) is 4.74 Å². The van der Waals surface area contributed by atoms with Crippen LogP contribution in [0.15, 0.2) is 36.7 Å². The second kappa shape index (κ2) is 8.23. The summed E-state index contributed by atoms with van der Waals surface area (Å²) in [7, 11) is 1.66. The summed E-state index contributed by atoms with van der Waals surface area (Å²) in [5, 5.41) is 13.3. The predicted molar refractivity (Wildman–Crippen MR) is 117 cm³/mol. The number of aromatic nitrogens is 4. The number of anilines is 3. The quantitative estimate of drug-likeness (QED) is 0.568. The van der Waals surface area contributed by atoms with E-state index >= 15 is 0 Å². The number of carbonyl (C=O) groups excluding carboxylic acids is 1. The fourth-order valence-corrected chi connectivity index (χ4v) is 3.98. The third-order valence-corrected chi connectivity index (χ3v) is 5.61. The van der Waals surface area contributed by atoms with Crippen LogP contribution in [0.4, 0.5) is 17.3 Å². The number of methoxy groups -OCH3 is 1. The van der Waals surface area contributed by atoms with Gasteiger partial charge in [0.1, 0.15) is 5.75 Å². The number of nitrogens with zero attached hydrogens (tertiary/aromatic N) is 5. The Bertz CT molecular complexity index is 1090. The van der Waals surface area contributed by atoms with E-state index in [0.29, 0.717) is 24.7 Å². The van der Waals surface area contributed by atoms with Gasteiger partial charge in [0, 0.05) is 45.5 Å². The topological polar surface area (TPSA) is 111 Å². The molecule has 31 heavy (non-hydrogen) atoms. The molecule has 2 aliphatic heterocycles. The van der Waals surface area contributed by atoms with Gasteiger partial charge in [0.15, 0.2) is 0 Å². The van der Waals surface area contributed by atoms with Crippen molar-refractivity contribution in [1.29, 1.82) is 0 Å². The van der Waals surface area contributed by atoms with Crippen LogP contribution in [0.2, 0.25) is 0 Å². The first-order valence-corrected chi connectivity index (χ1v) is 10.3. The van der Waals surface area contributed by atoms with Crippen LogP contribution in [0.5, 0.6) is 5.75 Å². The molecule has 2 aromatic heterocycles. The van der Waals surface area contributed by atoms with Gasteiger partial charge in [-0.3, -0.25) is 14.9 Å². The van der Waals surface area contributed by atoms with Crippen LogP contribution in [-0.4, -0.2) is 59.4 Å². The molecule has 4 heterocycles. The summed E-state index contributed by atoms with van der Waals surface area (Å²) < 4.78 is 5.31. The van der Waals surface area contributed by atoms with Gasteiger partial charge in [-0.1, -0.05) is 6.07 Å². The van der Waals surface area contributed by atoms with Crippen molar-refractivity contribution in [3.8, 4) is 5.75 Å². The van der Waals surface area contributed by atoms with E-state index in [-0.39, 0.29) is 11.7 Å². The Balaban J connectivity index is 1.29. The molecule has 0 radical (unpaired) electrons. The highest BCUT2D eigenvalue weighted by molar-refractivity contribution is 6.03. The Hall–Kier alpha value is -3.66. The van der Waals surface area contributed by atoms with Gasteiger partial charge in [0.2, 0.25) is 11.8 Å². The summed E-state index contributed by atoms with van der Waals surface area (Å²) in [4.78, 5) is 25.7. The van der Waals surface area contributed by atoms with Crippen molar-refractivity contribution in [2.75, 3.05) is 48.4 Å². The SMILES string of the molecule is COc1ccc2c(c1)CN(c1n[nH]c(C(=O)Nc3cnccc3N3CCNCC3)n1)C2. The summed E-state index contributed by atoms with van der Waals surface area (Å²) in [5.74, 6) is 1.14. The third kappa shape index (κ3) is 3.89. The second-order valence-corrected chi connectivity index (χ2v) is 7.56. The minimum atomic E-state index is -0.346. The fraction of sp³-hybridized carbons (Fsp3) is 0.333. The Labute approximate surface area is 179 Å². The number of hydrogen-bond donors (Lipinski definition) is 3. The number of H-pyrrole nitrogens is 1. The fourth-order valence-electron chi connectivity index (χ4n) is 3.98. The Morgan fingerprint density at radius 2 is 1.97 bits per heavy atom. The van der Waals surface area contributed by atoms with Gasteiger partial charge in [-0.25, -0.2) is 0 Å². The lowest BCUT2D eigenvalue weighted by molar-refractivity contribution is 0.101. The standard InChI is InChI=1S/C21H24N8O2/c1-31-16-3-2-14-12-29(13-15(14)10-16)21-25-19(26-27-21)20(30)24-17-11-23-5-4-18(17)28-8-6-22-7-9-28/h2-5,10-11,22H,6-9,12-13H2,1H3,(H,24,30)(H,25,26,27). The van der Waals surface area contributed by atoms with E-state index < -0.39 is 0 Å². The first-order valence-electron chi connectivity index (χ1n) is 10.3. The molecule has 1 saturated heterocycles. The van der Waals surface area contributed by atoms with Crippen LogP contribution >= 0.6 is 0 Å². The van der Waals surface area contributed by atoms with Crippen LogP contribution in [0.3, 0.4) is 0 Å². The maximum absolute atomic E-state index is 12.8. The molecule has 10 heteroatoms. The molecule has 2 aliphatic rings. The molecule has 10 nitrogen and oxygen atoms in total. The molecule has 1 fully saturated rings. The average Bonchev–Trinajstić information content (AvgIpc) is 3.47. The highest BCUT2D eigenvalue weighted by Crippen LogP contribution is 2.29. The molecule has 3 N–H and O–H groups in total. The van der Waals surface area contributed by atoms with Crippen molar-refractivity contribution in [3.63, 3.8) is 0 Å². The van der Waals surface area contributed by atoms with Crippen molar-refractivity contribution in [3.05, 3.63) is 53.6 Å². The second-order valence-electron chi connectivity index (χ2n) is 7.56. The van der Waals surface area contributed by atoms with E-state index in [1.807, 2.05) is 23.1 Å². The molecule has 3 aromatic rings. The molecule has 0 saturated carbocycles. The van der Waals surface area contributed by atoms with Crippen LogP contribution in [0.1, 0.15) is 21.7 Å². The summed E-state index contributed by atoms with van der Waals surface area (Å²) >= 11 is 0. The molecular formula is C21H24N8O2. The first-order chi connectivity index (χ1) is 15.2. The molecule has 1 amide bonds. The van der Waals surface area contributed by atoms with E-state index in [9.17, 15) is 4.79 Å². The van der Waals surface area contributed by atoms with Crippen molar-refractivity contribution < 1.29 is 9.53 Å². The van der Waals surface area contributed by atoms with Gasteiger partial charge in [-0.05, 0) is 29.3 Å². The zero-order valence-electron chi connectivity index (χ0n) is 17.3. The van der Waals surface area contributed by atoms with Crippen molar-refractivity contribution >= 4 is 23.2 Å². The van der Waals surface area contributed by atoms with Crippen LogP contribution < -0.4 is 25.2 Å². The summed E-state index contributed by atoms with van der Waals surface area (Å²) in [6.07, 6.45) is 3.40. The zero-order chi connectivity index (χ0) is 21.2. The minimum Gasteiger partial charge on any atom is -0.497 e. The largest absolute Gasteiger partial charge is 0.497 e. The van der Waals surface area contributed by atoms with Gasteiger partial charge >= 0.3 is 0 Å². The van der Waals surface area contributed by atoms with E-state index in [2.05, 4.69) is 41.8 Å². The normalized spacial score (nSPS) is 15.6. The number of aromatic amines is 1. The molecule has 5 rings (SSSR count). The lowest BCUT2D eigenvalue weighted by atomic mass is 10.1. The van der Waals surface area contributed by atoms with Gasteiger partial charge in [0.25, 0.3) is 5.91 Å². The molecule has 0 atom stereocenters. The molecule has 160 valence electrons. The number of benzene rings is 1. The molecule has 0 unspecified atom stereocenters. The Morgan fingerprint density at radius 1 is 1.13 bits per heavy atom. The van der Waals surface area contributed by atoms with Gasteiger partial charge < -0.3 is 25.2 Å². The summed E-state index contributed by atoms with van der Waals surface area (Å²) in [5.41, 5.74) is 3.99. The zero-order valence-corrected chi connectivity index (χ0v) is 17.3. The van der Waals surface area contributed by atoms with E-state index in [0.717, 1.165) is 37.6 Å². The molecule has 0 aliphatic carbocycles. The lowest BCUT2D eigenvalue weighted by Crippen LogP contribution is -2.43. The summed E-state index contributed by atoms with van der Waals surface area (Å²) in [6, 6.07) is 7.94. The predicted octanol–water partition coefficient (Wildman–Crippen LogP) is 1.39. The monoisotopic (exact) mass is 420 g/mol. The number of hydrogen-bond acceptors (Lipinski definition) is 8. The average molecular weight is 420 g/mol. The van der Waals surface area contributed by atoms with Gasteiger partial charge in [-0.15, -0.1) is 5.10 Å². The highest BCUT2D eigenvalue weighted by Gasteiger charge is 2.24.